The van der Waals surface area contributed by atoms with E-state index in [1.165, 1.54) is 10.4 Å². The normalized spacial score (nSPS) is 13.3. The van der Waals surface area contributed by atoms with Crippen LogP contribution in [0.3, 0.4) is 0 Å². The number of fused-ring (bicyclic) bond motifs is 1. The third-order valence-electron chi connectivity index (χ3n) is 3.38. The predicted molar refractivity (Wildman–Crippen MR) is 78.2 cm³/mol. The number of aryl methyl sites for hydroxylation is 1. The molecule has 2 aromatic heterocycles. The molecule has 1 aliphatic carbocycles. The van der Waals surface area contributed by atoms with E-state index in [1.807, 2.05) is 29.1 Å². The van der Waals surface area contributed by atoms with Gasteiger partial charge in [-0.2, -0.15) is 0 Å². The second kappa shape index (κ2) is 5.05. The molecule has 1 N–H and O–H groups in total. The summed E-state index contributed by atoms with van der Waals surface area (Å²) in [5.41, 5.74) is 2.10. The van der Waals surface area contributed by atoms with Gasteiger partial charge in [0, 0.05) is 23.8 Å². The van der Waals surface area contributed by atoms with Crippen LogP contribution in [-0.2, 0) is 12.8 Å². The van der Waals surface area contributed by atoms with E-state index < -0.39 is 0 Å². The maximum Gasteiger partial charge on any atom is 0.254 e. The fourth-order valence-corrected chi connectivity index (χ4v) is 3.88. The van der Waals surface area contributed by atoms with E-state index in [0.717, 1.165) is 29.8 Å². The van der Waals surface area contributed by atoms with Gasteiger partial charge in [0.15, 0.2) is 0 Å². The highest BCUT2D eigenvalue weighted by atomic mass is 32.1. The van der Waals surface area contributed by atoms with Gasteiger partial charge in [0.1, 0.15) is 5.00 Å². The molecule has 3 rings (SSSR count). The number of nitrogens with zero attached hydrogens (tertiary/aromatic N) is 1. The summed E-state index contributed by atoms with van der Waals surface area (Å²) >= 11 is 1.74. The van der Waals surface area contributed by atoms with Crippen molar-refractivity contribution < 1.29 is 4.79 Å². The van der Waals surface area contributed by atoms with Gasteiger partial charge in [-0.25, -0.2) is 0 Å². The Morgan fingerprint density at radius 1 is 1.42 bits per heavy atom. The number of rotatable bonds is 4. The fourth-order valence-electron chi connectivity index (χ4n) is 2.53. The van der Waals surface area contributed by atoms with Gasteiger partial charge in [0.25, 0.3) is 5.91 Å². The average molecular weight is 272 g/mol. The first kappa shape index (κ1) is 12.2. The minimum absolute atomic E-state index is 0.0167. The van der Waals surface area contributed by atoms with E-state index in [-0.39, 0.29) is 5.91 Å². The zero-order valence-electron chi connectivity index (χ0n) is 10.7. The lowest BCUT2D eigenvalue weighted by atomic mass is 10.1. The molecular formula is C15H16N2OS. The second-order valence-corrected chi connectivity index (χ2v) is 5.71. The number of thiophene rings is 1. The van der Waals surface area contributed by atoms with Crippen LogP contribution in [0.25, 0.3) is 5.00 Å². The van der Waals surface area contributed by atoms with Gasteiger partial charge in [-0.05, 0) is 37.0 Å². The molecule has 0 atom stereocenters. The van der Waals surface area contributed by atoms with Crippen LogP contribution in [0, 0.1) is 0 Å². The number of hydrogen-bond donors (Lipinski definition) is 1. The fraction of sp³-hybridized carbons (Fsp3) is 0.267. The summed E-state index contributed by atoms with van der Waals surface area (Å²) < 4.78 is 2.03. The second-order valence-electron chi connectivity index (χ2n) is 4.63. The highest BCUT2D eigenvalue weighted by Crippen LogP contribution is 2.37. The van der Waals surface area contributed by atoms with E-state index in [4.69, 9.17) is 0 Å². The summed E-state index contributed by atoms with van der Waals surface area (Å²) in [4.78, 5) is 13.7. The summed E-state index contributed by atoms with van der Waals surface area (Å²) in [6.07, 6.45) is 8.97. The SMILES string of the molecule is C=CCNC(=O)c1c(-n2cccc2)sc2c1CCC2. The largest absolute Gasteiger partial charge is 0.348 e. The summed E-state index contributed by atoms with van der Waals surface area (Å²) in [5.74, 6) is 0.0167. The van der Waals surface area contributed by atoms with Crippen molar-refractivity contribution in [1.29, 1.82) is 0 Å². The van der Waals surface area contributed by atoms with Crippen LogP contribution in [0.2, 0.25) is 0 Å². The van der Waals surface area contributed by atoms with Gasteiger partial charge in [0.05, 0.1) is 5.56 Å². The third kappa shape index (κ3) is 2.12. The smallest absolute Gasteiger partial charge is 0.254 e. The van der Waals surface area contributed by atoms with Crippen molar-refractivity contribution in [3.63, 3.8) is 0 Å². The van der Waals surface area contributed by atoms with E-state index >= 15 is 0 Å². The highest BCUT2D eigenvalue weighted by molar-refractivity contribution is 7.15. The van der Waals surface area contributed by atoms with E-state index in [9.17, 15) is 4.79 Å². The molecule has 1 aliphatic rings. The molecular weight excluding hydrogens is 256 g/mol. The van der Waals surface area contributed by atoms with Crippen molar-refractivity contribution in [2.45, 2.75) is 19.3 Å². The summed E-state index contributed by atoms with van der Waals surface area (Å²) in [6, 6.07) is 3.96. The van der Waals surface area contributed by atoms with Crippen molar-refractivity contribution in [2.24, 2.45) is 0 Å². The van der Waals surface area contributed by atoms with Crippen LogP contribution in [-0.4, -0.2) is 17.0 Å². The Balaban J connectivity index is 2.05. The van der Waals surface area contributed by atoms with Gasteiger partial charge in [-0.3, -0.25) is 4.79 Å². The van der Waals surface area contributed by atoms with E-state index in [0.29, 0.717) is 6.54 Å². The number of hydrogen-bond acceptors (Lipinski definition) is 2. The van der Waals surface area contributed by atoms with Crippen molar-refractivity contribution in [3.05, 3.63) is 53.2 Å². The molecule has 0 saturated carbocycles. The van der Waals surface area contributed by atoms with Crippen LogP contribution in [0.1, 0.15) is 27.2 Å². The number of aromatic nitrogens is 1. The Bertz CT molecular complexity index is 610. The molecule has 0 spiro atoms. The molecule has 98 valence electrons. The predicted octanol–water partition coefficient (Wildman–Crippen LogP) is 2.94. The highest BCUT2D eigenvalue weighted by Gasteiger charge is 2.26. The monoisotopic (exact) mass is 272 g/mol. The molecule has 0 fully saturated rings. The van der Waals surface area contributed by atoms with Crippen LogP contribution in [0.5, 0.6) is 0 Å². The van der Waals surface area contributed by atoms with Crippen molar-refractivity contribution in [3.8, 4) is 5.00 Å². The Hall–Kier alpha value is -1.81. The van der Waals surface area contributed by atoms with Crippen molar-refractivity contribution in [1.82, 2.24) is 9.88 Å². The first-order valence-corrected chi connectivity index (χ1v) is 7.30. The molecule has 0 aromatic carbocycles. The first-order chi connectivity index (χ1) is 9.31. The first-order valence-electron chi connectivity index (χ1n) is 6.48. The zero-order valence-corrected chi connectivity index (χ0v) is 11.5. The Morgan fingerprint density at radius 3 is 2.95 bits per heavy atom. The molecule has 0 radical (unpaired) electrons. The molecule has 19 heavy (non-hydrogen) atoms. The minimum Gasteiger partial charge on any atom is -0.348 e. The van der Waals surface area contributed by atoms with Crippen LogP contribution >= 0.6 is 11.3 Å². The molecule has 0 aliphatic heterocycles. The van der Waals surface area contributed by atoms with Gasteiger partial charge in [-0.1, -0.05) is 6.08 Å². The molecule has 0 saturated heterocycles. The summed E-state index contributed by atoms with van der Waals surface area (Å²) in [7, 11) is 0. The van der Waals surface area contributed by atoms with Crippen LogP contribution in [0.15, 0.2) is 37.2 Å². The molecule has 2 heterocycles. The molecule has 0 bridgehead atoms. The molecule has 4 heteroatoms. The van der Waals surface area contributed by atoms with Gasteiger partial charge in [-0.15, -0.1) is 17.9 Å². The molecule has 0 unspecified atom stereocenters. The quantitative estimate of drug-likeness (QED) is 0.853. The van der Waals surface area contributed by atoms with Gasteiger partial charge >= 0.3 is 0 Å². The van der Waals surface area contributed by atoms with E-state index in [2.05, 4.69) is 11.9 Å². The van der Waals surface area contributed by atoms with Crippen molar-refractivity contribution in [2.75, 3.05) is 6.54 Å². The van der Waals surface area contributed by atoms with E-state index in [1.54, 1.807) is 17.4 Å². The third-order valence-corrected chi connectivity index (χ3v) is 4.68. The molecule has 2 aromatic rings. The van der Waals surface area contributed by atoms with Crippen molar-refractivity contribution >= 4 is 17.2 Å². The number of nitrogens with one attached hydrogen (secondary N) is 1. The van der Waals surface area contributed by atoms with Gasteiger partial charge in [0.2, 0.25) is 0 Å². The lowest BCUT2D eigenvalue weighted by Gasteiger charge is -2.07. The Morgan fingerprint density at radius 2 is 2.21 bits per heavy atom. The Labute approximate surface area is 116 Å². The maximum absolute atomic E-state index is 12.4. The zero-order chi connectivity index (χ0) is 13.2. The van der Waals surface area contributed by atoms with Crippen LogP contribution in [0.4, 0.5) is 0 Å². The Kier molecular flexibility index (Phi) is 3.25. The van der Waals surface area contributed by atoms with Crippen LogP contribution < -0.4 is 5.32 Å². The topological polar surface area (TPSA) is 34.0 Å². The summed E-state index contributed by atoms with van der Waals surface area (Å²) in [5, 5.41) is 3.94. The lowest BCUT2D eigenvalue weighted by molar-refractivity contribution is 0.0957. The summed E-state index contributed by atoms with van der Waals surface area (Å²) in [6.45, 7) is 4.15. The number of amides is 1. The van der Waals surface area contributed by atoms with Gasteiger partial charge < -0.3 is 9.88 Å². The lowest BCUT2D eigenvalue weighted by Crippen LogP contribution is -2.24. The number of carbonyl (C=O) groups is 1. The molecule has 1 amide bonds. The molecule has 3 nitrogen and oxygen atoms in total. The maximum atomic E-state index is 12.4. The average Bonchev–Trinajstić information content (AvgIpc) is 3.09. The number of carbonyl (C=O) groups excluding carboxylic acids is 1. The minimum atomic E-state index is 0.0167. The standard InChI is InChI=1S/C15H16N2OS/c1-2-8-16-14(18)13-11-6-5-7-12(11)19-15(13)17-9-3-4-10-17/h2-4,9-10H,1,5-8H2,(H,16,18).